The predicted octanol–water partition coefficient (Wildman–Crippen LogP) is 3.74. The van der Waals surface area contributed by atoms with Crippen molar-refractivity contribution < 1.29 is 28.5 Å². The van der Waals surface area contributed by atoms with E-state index < -0.39 is 11.8 Å². The monoisotopic (exact) mass is 454 g/mol. The van der Waals surface area contributed by atoms with Crippen LogP contribution in [0.4, 0.5) is 5.00 Å². The van der Waals surface area contributed by atoms with Gasteiger partial charge in [0.1, 0.15) is 22.1 Å². The third kappa shape index (κ3) is 3.94. The van der Waals surface area contributed by atoms with Crippen LogP contribution in [0.1, 0.15) is 36.7 Å². The van der Waals surface area contributed by atoms with Gasteiger partial charge < -0.3 is 30.0 Å². The van der Waals surface area contributed by atoms with Crippen LogP contribution in [-0.2, 0) is 6.42 Å². The Bertz CT molecular complexity index is 1180. The third-order valence-electron chi connectivity index (χ3n) is 5.18. The minimum Gasteiger partial charge on any atom is -0.496 e. The standard InChI is InChI=1S/C23H22N2O6S/c1-12-18(10-13-7-8-14-17(9-13)31-11-30-14)32-23(19(12)21(24)26)25-22(27)20-15(28-2)5-4-6-16(20)29-3/h4-9H,10-11H2,1-3H3,(H2,24,26)(H,25,27). The van der Waals surface area contributed by atoms with Crippen LogP contribution in [0.25, 0.3) is 0 Å². The highest BCUT2D eigenvalue weighted by molar-refractivity contribution is 7.17. The first-order valence-corrected chi connectivity index (χ1v) is 10.6. The largest absolute Gasteiger partial charge is 0.496 e. The Morgan fingerprint density at radius 1 is 1.06 bits per heavy atom. The highest BCUT2D eigenvalue weighted by Gasteiger charge is 2.25. The topological polar surface area (TPSA) is 109 Å². The average Bonchev–Trinajstić information content (AvgIpc) is 3.36. The zero-order chi connectivity index (χ0) is 22.8. The molecule has 166 valence electrons. The number of thiophene rings is 1. The second-order valence-corrected chi connectivity index (χ2v) is 8.18. The number of amides is 2. The lowest BCUT2D eigenvalue weighted by atomic mass is 10.0. The van der Waals surface area contributed by atoms with E-state index >= 15 is 0 Å². The van der Waals surface area contributed by atoms with Gasteiger partial charge >= 0.3 is 0 Å². The number of rotatable bonds is 7. The average molecular weight is 455 g/mol. The number of carbonyl (C=O) groups is 2. The summed E-state index contributed by atoms with van der Waals surface area (Å²) < 4.78 is 21.4. The van der Waals surface area contributed by atoms with Gasteiger partial charge in [-0.2, -0.15) is 0 Å². The fourth-order valence-electron chi connectivity index (χ4n) is 3.59. The minimum absolute atomic E-state index is 0.200. The molecule has 1 aliphatic heterocycles. The van der Waals surface area contributed by atoms with Gasteiger partial charge in [-0.25, -0.2) is 0 Å². The number of nitrogens with two attached hydrogens (primary N) is 1. The molecule has 2 amide bonds. The van der Waals surface area contributed by atoms with Crippen LogP contribution in [0.5, 0.6) is 23.0 Å². The van der Waals surface area contributed by atoms with Gasteiger partial charge in [0.15, 0.2) is 11.5 Å². The summed E-state index contributed by atoms with van der Waals surface area (Å²) in [5.41, 5.74) is 7.88. The summed E-state index contributed by atoms with van der Waals surface area (Å²) >= 11 is 1.31. The molecule has 0 fully saturated rings. The SMILES string of the molecule is COc1cccc(OC)c1C(=O)Nc1sc(Cc2ccc3c(c2)OCO3)c(C)c1C(N)=O. The number of benzene rings is 2. The second kappa shape index (κ2) is 8.80. The maximum atomic E-state index is 13.1. The molecule has 8 nitrogen and oxygen atoms in total. The molecule has 0 saturated heterocycles. The van der Waals surface area contributed by atoms with Gasteiger partial charge in [0.05, 0.1) is 19.8 Å². The Hall–Kier alpha value is -3.72. The van der Waals surface area contributed by atoms with Crippen molar-refractivity contribution in [3.63, 3.8) is 0 Å². The molecule has 0 aliphatic carbocycles. The summed E-state index contributed by atoms with van der Waals surface area (Å²) in [4.78, 5) is 26.2. The van der Waals surface area contributed by atoms with Crippen molar-refractivity contribution >= 4 is 28.2 Å². The summed E-state index contributed by atoms with van der Waals surface area (Å²) in [6.45, 7) is 2.02. The summed E-state index contributed by atoms with van der Waals surface area (Å²) in [6.07, 6.45) is 0.543. The minimum atomic E-state index is -0.613. The van der Waals surface area contributed by atoms with E-state index in [0.29, 0.717) is 34.4 Å². The number of nitrogens with one attached hydrogen (secondary N) is 1. The highest BCUT2D eigenvalue weighted by Crippen LogP contribution is 2.38. The van der Waals surface area contributed by atoms with E-state index in [4.69, 9.17) is 24.7 Å². The number of hydrogen-bond donors (Lipinski definition) is 2. The Kier molecular flexibility index (Phi) is 5.91. The van der Waals surface area contributed by atoms with Crippen molar-refractivity contribution in [3.8, 4) is 23.0 Å². The lowest BCUT2D eigenvalue weighted by molar-refractivity contribution is 0.100. The van der Waals surface area contributed by atoms with Crippen molar-refractivity contribution in [2.24, 2.45) is 5.73 Å². The Morgan fingerprint density at radius 3 is 2.41 bits per heavy atom. The van der Waals surface area contributed by atoms with E-state index in [1.165, 1.54) is 25.6 Å². The molecule has 2 aromatic carbocycles. The molecule has 1 aliphatic rings. The van der Waals surface area contributed by atoms with Crippen molar-refractivity contribution in [1.82, 2.24) is 0 Å². The van der Waals surface area contributed by atoms with Crippen molar-refractivity contribution in [2.45, 2.75) is 13.3 Å². The molecule has 32 heavy (non-hydrogen) atoms. The molecule has 0 atom stereocenters. The van der Waals surface area contributed by atoms with Gasteiger partial charge in [-0.3, -0.25) is 9.59 Å². The maximum absolute atomic E-state index is 13.1. The van der Waals surface area contributed by atoms with Gasteiger partial charge in [0, 0.05) is 11.3 Å². The van der Waals surface area contributed by atoms with E-state index in [2.05, 4.69) is 5.32 Å². The van der Waals surface area contributed by atoms with E-state index in [1.807, 2.05) is 25.1 Å². The molecule has 4 rings (SSSR count). The quantitative estimate of drug-likeness (QED) is 0.563. The summed E-state index contributed by atoms with van der Waals surface area (Å²) in [6, 6.07) is 10.8. The molecule has 3 aromatic rings. The molecule has 0 bridgehead atoms. The summed E-state index contributed by atoms with van der Waals surface area (Å²) in [7, 11) is 2.94. The molecule has 0 radical (unpaired) electrons. The normalized spacial score (nSPS) is 11.8. The number of carbonyl (C=O) groups excluding carboxylic acids is 2. The van der Waals surface area contributed by atoms with Crippen LogP contribution in [0.2, 0.25) is 0 Å². The van der Waals surface area contributed by atoms with E-state index in [1.54, 1.807) is 18.2 Å². The number of fused-ring (bicyclic) bond motifs is 1. The fourth-order valence-corrected chi connectivity index (χ4v) is 4.83. The zero-order valence-corrected chi connectivity index (χ0v) is 18.6. The van der Waals surface area contributed by atoms with Gasteiger partial charge in [-0.1, -0.05) is 12.1 Å². The first-order valence-electron chi connectivity index (χ1n) is 9.75. The van der Waals surface area contributed by atoms with E-state index in [-0.39, 0.29) is 17.9 Å². The summed E-state index contributed by atoms with van der Waals surface area (Å²) in [5.74, 6) is 1.03. The molecule has 0 saturated carbocycles. The van der Waals surface area contributed by atoms with Crippen LogP contribution < -0.4 is 30.0 Å². The second-order valence-electron chi connectivity index (χ2n) is 7.07. The predicted molar refractivity (Wildman–Crippen MR) is 120 cm³/mol. The van der Waals surface area contributed by atoms with Crippen LogP contribution in [-0.4, -0.2) is 32.8 Å². The van der Waals surface area contributed by atoms with Gasteiger partial charge in [0.25, 0.3) is 11.8 Å². The highest BCUT2D eigenvalue weighted by atomic mass is 32.1. The first-order chi connectivity index (χ1) is 15.4. The lowest BCUT2D eigenvalue weighted by Crippen LogP contribution is -2.18. The van der Waals surface area contributed by atoms with E-state index in [9.17, 15) is 9.59 Å². The Balaban J connectivity index is 1.66. The van der Waals surface area contributed by atoms with Crippen LogP contribution in [0.15, 0.2) is 36.4 Å². The fraction of sp³-hybridized carbons (Fsp3) is 0.217. The number of hydrogen-bond acceptors (Lipinski definition) is 7. The molecule has 9 heteroatoms. The molecular weight excluding hydrogens is 432 g/mol. The van der Waals surface area contributed by atoms with Crippen molar-refractivity contribution in [3.05, 3.63) is 63.5 Å². The molecule has 0 spiro atoms. The van der Waals surface area contributed by atoms with Crippen molar-refractivity contribution in [2.75, 3.05) is 26.3 Å². The molecule has 0 unspecified atom stereocenters. The number of primary amides is 1. The number of ether oxygens (including phenoxy) is 4. The van der Waals surface area contributed by atoms with Gasteiger partial charge in [-0.05, 0) is 42.3 Å². The summed E-state index contributed by atoms with van der Waals surface area (Å²) in [5, 5.41) is 3.20. The van der Waals surface area contributed by atoms with Crippen LogP contribution >= 0.6 is 11.3 Å². The molecular formula is C23H22N2O6S. The molecule has 2 heterocycles. The Morgan fingerprint density at radius 2 is 1.75 bits per heavy atom. The van der Waals surface area contributed by atoms with Gasteiger partial charge in [-0.15, -0.1) is 11.3 Å². The molecule has 3 N–H and O–H groups in total. The zero-order valence-electron chi connectivity index (χ0n) is 17.8. The molecule has 1 aromatic heterocycles. The third-order valence-corrected chi connectivity index (χ3v) is 6.38. The van der Waals surface area contributed by atoms with Gasteiger partial charge in [0.2, 0.25) is 6.79 Å². The number of methoxy groups -OCH3 is 2. The number of anilines is 1. The van der Waals surface area contributed by atoms with Crippen molar-refractivity contribution in [1.29, 1.82) is 0 Å². The maximum Gasteiger partial charge on any atom is 0.263 e. The lowest BCUT2D eigenvalue weighted by Gasteiger charge is -2.12. The van der Waals surface area contributed by atoms with Crippen LogP contribution in [0.3, 0.4) is 0 Å². The Labute approximate surface area is 188 Å². The smallest absolute Gasteiger partial charge is 0.263 e. The van der Waals surface area contributed by atoms with E-state index in [0.717, 1.165) is 16.0 Å². The first kappa shape index (κ1) is 21.5. The van der Waals surface area contributed by atoms with Crippen LogP contribution in [0, 0.1) is 6.92 Å².